The molecule has 1 aliphatic heterocycles. The minimum atomic E-state index is -1.41. The molecule has 8 atom stereocenters. The molecular weight excluding hydrogens is 987 g/mol. The fourth-order valence-corrected chi connectivity index (χ4v) is 9.06. The monoisotopic (exact) mass is 1080 g/mol. The van der Waals surface area contributed by atoms with Gasteiger partial charge in [-0.3, -0.25) is 43.2 Å². The lowest BCUT2D eigenvalue weighted by molar-refractivity contribution is -0.136. The first-order valence-corrected chi connectivity index (χ1v) is 28.4. The van der Waals surface area contributed by atoms with Gasteiger partial charge >= 0.3 is 0 Å². The van der Waals surface area contributed by atoms with Crippen molar-refractivity contribution in [1.29, 1.82) is 0 Å². The lowest BCUT2D eigenvalue weighted by atomic mass is 10.00. The Morgan fingerprint density at radius 1 is 0.532 bits per heavy atom. The molecule has 1 aliphatic rings. The Hall–Kier alpha value is -5.71. The number of rotatable bonds is 29. The normalized spacial score (nSPS) is 22.2. The van der Waals surface area contributed by atoms with Crippen molar-refractivity contribution in [1.82, 2.24) is 47.9 Å². The van der Waals surface area contributed by atoms with Crippen LogP contribution in [0.3, 0.4) is 0 Å². The maximum Gasteiger partial charge on any atom is 0.243 e. The predicted molar refractivity (Wildman–Crippen MR) is 298 cm³/mol. The van der Waals surface area contributed by atoms with Crippen LogP contribution in [-0.4, -0.2) is 134 Å². The molecule has 0 saturated carbocycles. The number of benzene rings is 1. The lowest BCUT2D eigenvalue weighted by Crippen LogP contribution is -2.61. The van der Waals surface area contributed by atoms with Crippen LogP contribution in [0.5, 0.6) is 0 Å². The highest BCUT2D eigenvalue weighted by Crippen LogP contribution is 2.14. The van der Waals surface area contributed by atoms with Crippen molar-refractivity contribution < 1.29 is 43.2 Å². The second-order valence-corrected chi connectivity index (χ2v) is 21.2. The number of nitrogens with two attached hydrogens (primary N) is 4. The van der Waals surface area contributed by atoms with Gasteiger partial charge in [0.2, 0.25) is 53.2 Å². The van der Waals surface area contributed by atoms with E-state index >= 15 is 0 Å². The fourth-order valence-electron chi connectivity index (χ4n) is 9.06. The number of nitrogens with one attached hydrogen (secondary N) is 9. The van der Waals surface area contributed by atoms with Gasteiger partial charge in [-0.05, 0) is 94.9 Å². The molecule has 1 aromatic carbocycles. The molecule has 0 aliphatic carbocycles. The minimum Gasteiger partial charge on any atom is -0.354 e. The van der Waals surface area contributed by atoms with Gasteiger partial charge in [0.1, 0.15) is 48.3 Å². The molecule has 1 aromatic rings. The Bertz CT molecular complexity index is 1960. The third-order valence-corrected chi connectivity index (χ3v) is 13.3. The van der Waals surface area contributed by atoms with Gasteiger partial charge < -0.3 is 70.8 Å². The van der Waals surface area contributed by atoms with Crippen molar-refractivity contribution >= 4 is 53.2 Å². The van der Waals surface area contributed by atoms with Crippen molar-refractivity contribution in [3.05, 3.63) is 35.9 Å². The molecule has 1 heterocycles. The number of hydrogen-bond donors (Lipinski definition) is 13. The van der Waals surface area contributed by atoms with Crippen LogP contribution in [0, 0.1) is 11.8 Å². The van der Waals surface area contributed by atoms with Gasteiger partial charge in [-0.15, -0.1) is 0 Å². The third-order valence-electron chi connectivity index (χ3n) is 13.3. The highest BCUT2D eigenvalue weighted by Gasteiger charge is 2.35. The topological polar surface area (TPSA) is 366 Å². The average molecular weight is 1080 g/mol. The van der Waals surface area contributed by atoms with Gasteiger partial charge in [0.25, 0.3) is 0 Å². The summed E-state index contributed by atoms with van der Waals surface area (Å²) in [4.78, 5) is 126. The molecule has 0 unspecified atom stereocenters. The molecule has 22 heteroatoms. The molecule has 436 valence electrons. The van der Waals surface area contributed by atoms with Gasteiger partial charge in [-0.25, -0.2) is 0 Å². The summed E-state index contributed by atoms with van der Waals surface area (Å²) < 4.78 is 0. The summed E-state index contributed by atoms with van der Waals surface area (Å²) in [6, 6.07) is -1.21. The van der Waals surface area contributed by atoms with Gasteiger partial charge in [0.15, 0.2) is 0 Å². The molecule has 22 nitrogen and oxygen atoms in total. The van der Waals surface area contributed by atoms with Crippen LogP contribution < -0.4 is 70.8 Å². The van der Waals surface area contributed by atoms with E-state index in [1.54, 1.807) is 30.3 Å². The first-order chi connectivity index (χ1) is 36.9. The van der Waals surface area contributed by atoms with E-state index in [9.17, 15) is 43.2 Å². The molecule has 1 fully saturated rings. The van der Waals surface area contributed by atoms with Crippen molar-refractivity contribution in [2.45, 2.75) is 211 Å². The molecule has 0 spiro atoms. The maximum absolute atomic E-state index is 14.4. The second-order valence-electron chi connectivity index (χ2n) is 21.2. The third kappa shape index (κ3) is 27.4. The number of amides is 9. The summed E-state index contributed by atoms with van der Waals surface area (Å²) in [7, 11) is 0. The zero-order valence-corrected chi connectivity index (χ0v) is 46.8. The molecule has 2 rings (SSSR count). The fraction of sp³-hybridized carbons (Fsp3) is 0.727. The molecular formula is C55H97N13O9. The summed E-state index contributed by atoms with van der Waals surface area (Å²) in [6.45, 7) is 9.21. The quantitative estimate of drug-likeness (QED) is 0.0495. The van der Waals surface area contributed by atoms with E-state index in [0.29, 0.717) is 12.0 Å². The summed E-state index contributed by atoms with van der Waals surface area (Å²) in [5, 5.41) is 24.5. The largest absolute Gasteiger partial charge is 0.354 e. The van der Waals surface area contributed by atoms with Gasteiger partial charge in [0, 0.05) is 19.4 Å². The van der Waals surface area contributed by atoms with E-state index in [2.05, 4.69) is 54.8 Å². The van der Waals surface area contributed by atoms with Crippen LogP contribution in [-0.2, 0) is 49.6 Å². The molecule has 77 heavy (non-hydrogen) atoms. The average Bonchev–Trinajstić information content (AvgIpc) is 3.38. The Morgan fingerprint density at radius 3 is 1.42 bits per heavy atom. The lowest BCUT2D eigenvalue weighted by Gasteiger charge is -2.28. The maximum atomic E-state index is 14.4. The van der Waals surface area contributed by atoms with Gasteiger partial charge in [0.05, 0.1) is 0 Å². The van der Waals surface area contributed by atoms with Crippen molar-refractivity contribution in [2.75, 3.05) is 32.7 Å². The molecule has 9 amide bonds. The predicted octanol–water partition coefficient (Wildman–Crippen LogP) is 0.816. The Morgan fingerprint density at radius 2 is 0.948 bits per heavy atom. The molecule has 0 bridgehead atoms. The smallest absolute Gasteiger partial charge is 0.243 e. The molecule has 17 N–H and O–H groups in total. The Balaban J connectivity index is 2.56. The van der Waals surface area contributed by atoms with Crippen LogP contribution >= 0.6 is 0 Å². The van der Waals surface area contributed by atoms with Crippen molar-refractivity contribution in [2.24, 2.45) is 34.8 Å². The minimum absolute atomic E-state index is 0.0244. The van der Waals surface area contributed by atoms with E-state index in [1.807, 2.05) is 27.7 Å². The first kappa shape index (κ1) is 67.4. The van der Waals surface area contributed by atoms with E-state index in [0.717, 1.165) is 25.7 Å². The highest BCUT2D eigenvalue weighted by atomic mass is 16.2. The van der Waals surface area contributed by atoms with E-state index in [1.165, 1.54) is 38.5 Å². The van der Waals surface area contributed by atoms with Crippen molar-refractivity contribution in [3.63, 3.8) is 0 Å². The van der Waals surface area contributed by atoms with Crippen LogP contribution in [0.15, 0.2) is 30.3 Å². The number of carbonyl (C=O) groups excluding carboxylic acids is 9. The Labute approximate surface area is 457 Å². The molecule has 1 saturated heterocycles. The first-order valence-electron chi connectivity index (χ1n) is 28.4. The number of carbonyl (C=O) groups is 9. The molecule has 0 radical (unpaired) electrons. The van der Waals surface area contributed by atoms with E-state index in [-0.39, 0.29) is 108 Å². The van der Waals surface area contributed by atoms with Crippen LogP contribution in [0.25, 0.3) is 0 Å². The van der Waals surface area contributed by atoms with Gasteiger partial charge in [-0.2, -0.15) is 0 Å². The highest BCUT2D eigenvalue weighted by molar-refractivity contribution is 5.98. The van der Waals surface area contributed by atoms with Crippen LogP contribution in [0.4, 0.5) is 0 Å². The summed E-state index contributed by atoms with van der Waals surface area (Å²) in [5.41, 5.74) is 24.4. The van der Waals surface area contributed by atoms with Crippen molar-refractivity contribution in [3.8, 4) is 0 Å². The van der Waals surface area contributed by atoms with Crippen LogP contribution in [0.1, 0.15) is 162 Å². The molecule has 0 aromatic heterocycles. The van der Waals surface area contributed by atoms with E-state index < -0.39 is 95.6 Å². The summed E-state index contributed by atoms with van der Waals surface area (Å²) >= 11 is 0. The standard InChI is InChI=1S/C55H97N13O9/c1-6-7-8-9-10-11-12-13-14-15-19-22-47(69)61-39(23-28-56)49(71)65-43-27-32-60-48(70)44(33-36(2)3)66-51(73)41(25-30-58)62-50(72)40(24-29-57)64-55(77)46(35-38-20-17-16-18-21-38)68-54(76)45(34-37(4)5)67-52(74)42(26-31-59)63-53(43)75/h16-18,20-21,36-37,39-46H,6-15,19,22-35,56-59H2,1-5H3,(H,60,70)(H,61,69)(H,62,72)(H,63,75)(H,64,77)(H,65,71)(H,66,73)(H,67,74)(H,68,76)/t39-,40+,41+,42+,43+,44+,45+,46-/m1/s1. The Kier molecular flexibility index (Phi) is 33.9. The summed E-state index contributed by atoms with van der Waals surface area (Å²) in [6.07, 6.45) is 12.3. The second kappa shape index (κ2) is 38.8. The van der Waals surface area contributed by atoms with E-state index in [4.69, 9.17) is 22.9 Å². The number of unbranched alkanes of at least 4 members (excludes halogenated alkanes) is 10. The zero-order valence-electron chi connectivity index (χ0n) is 46.8. The summed E-state index contributed by atoms with van der Waals surface area (Å²) in [5.74, 6) is -6.55. The zero-order chi connectivity index (χ0) is 57.1. The van der Waals surface area contributed by atoms with Crippen LogP contribution in [0.2, 0.25) is 0 Å². The SMILES string of the molecule is CCCCCCCCCCCCCC(=O)N[C@H](CCN)C(=O)N[C@H]1CCNC(=O)[C@H](CC(C)C)NC(=O)[C@H](CCN)NC(=O)[C@H](CCN)NC(=O)[C@@H](Cc2ccccc2)NC(=O)[C@H](CC(C)C)NC(=O)[C@H](CCN)NC1=O. The van der Waals surface area contributed by atoms with Gasteiger partial charge in [-0.1, -0.05) is 129 Å². The number of hydrogen-bond acceptors (Lipinski definition) is 13.